The van der Waals surface area contributed by atoms with Gasteiger partial charge in [-0.1, -0.05) is 0 Å². The van der Waals surface area contributed by atoms with E-state index in [4.69, 9.17) is 9.47 Å². The molecule has 0 bridgehead atoms. The fourth-order valence-electron chi connectivity index (χ4n) is 3.51. The highest BCUT2D eigenvalue weighted by Gasteiger charge is 2.29. The minimum absolute atomic E-state index is 0.0884. The van der Waals surface area contributed by atoms with Crippen molar-refractivity contribution < 1.29 is 14.3 Å². The van der Waals surface area contributed by atoms with Crippen LogP contribution in [-0.2, 0) is 14.3 Å². The summed E-state index contributed by atoms with van der Waals surface area (Å²) in [4.78, 5) is 18.9. The Labute approximate surface area is 137 Å². The van der Waals surface area contributed by atoms with Gasteiger partial charge in [0, 0.05) is 32.1 Å². The van der Waals surface area contributed by atoms with E-state index < -0.39 is 6.10 Å². The molecule has 3 atom stereocenters. The van der Waals surface area contributed by atoms with Crippen LogP contribution in [0.5, 0.6) is 0 Å². The normalized spacial score (nSPS) is 26.4. The summed E-state index contributed by atoms with van der Waals surface area (Å²) in [6, 6.07) is 0.320. The maximum atomic E-state index is 12.6. The number of aromatic nitrogens is 2. The second-order valence-corrected chi connectivity index (χ2v) is 6.57. The molecule has 1 amide bonds. The van der Waals surface area contributed by atoms with E-state index in [0.29, 0.717) is 12.6 Å². The van der Waals surface area contributed by atoms with Crippen molar-refractivity contribution >= 4 is 5.91 Å². The largest absolute Gasteiger partial charge is 0.376 e. The predicted octanol–water partition coefficient (Wildman–Crippen LogP) is 1.94. The molecule has 23 heavy (non-hydrogen) atoms. The molecule has 2 fully saturated rings. The van der Waals surface area contributed by atoms with Crippen molar-refractivity contribution in [2.24, 2.45) is 0 Å². The van der Waals surface area contributed by atoms with E-state index in [1.807, 2.05) is 31.1 Å². The average molecular weight is 321 g/mol. The molecule has 0 radical (unpaired) electrons. The summed E-state index contributed by atoms with van der Waals surface area (Å²) in [5, 5.41) is 0. The smallest absolute Gasteiger partial charge is 0.251 e. The average Bonchev–Trinajstić information content (AvgIpc) is 3.23. The molecule has 3 heterocycles. The number of ether oxygens (including phenoxy) is 2. The first-order valence-corrected chi connectivity index (χ1v) is 8.66. The molecule has 1 aromatic heterocycles. The van der Waals surface area contributed by atoms with Gasteiger partial charge in [0.05, 0.1) is 18.8 Å². The first-order chi connectivity index (χ1) is 11.1. The third-order valence-electron chi connectivity index (χ3n) is 4.87. The number of likely N-dealkylation sites (tertiary alicyclic amines) is 1. The number of piperidine rings is 1. The number of imidazole rings is 1. The van der Waals surface area contributed by atoms with Crippen molar-refractivity contribution in [3.05, 3.63) is 18.2 Å². The second kappa shape index (κ2) is 7.45. The molecule has 0 aromatic carbocycles. The van der Waals surface area contributed by atoms with E-state index >= 15 is 0 Å². The van der Waals surface area contributed by atoms with Crippen molar-refractivity contribution in [1.82, 2.24) is 14.5 Å². The standard InChI is InChI=1S/C17H27N3O3/c1-13(23-12-16-6-4-10-22-16)17(21)19-8-3-5-15(11-19)20-9-7-18-14(20)2/h7,9,13,15-16H,3-6,8,10-12H2,1-2H3/t13-,15+,16+/m0/s1. The fourth-order valence-corrected chi connectivity index (χ4v) is 3.51. The quantitative estimate of drug-likeness (QED) is 0.831. The topological polar surface area (TPSA) is 56.6 Å². The predicted molar refractivity (Wildman–Crippen MR) is 86.2 cm³/mol. The first-order valence-electron chi connectivity index (χ1n) is 8.66. The van der Waals surface area contributed by atoms with Gasteiger partial charge in [-0.2, -0.15) is 0 Å². The summed E-state index contributed by atoms with van der Waals surface area (Å²) in [6.45, 7) is 6.75. The van der Waals surface area contributed by atoms with Gasteiger partial charge in [-0.3, -0.25) is 4.79 Å². The third kappa shape index (κ3) is 3.93. The highest BCUT2D eigenvalue weighted by molar-refractivity contribution is 5.80. The maximum absolute atomic E-state index is 12.6. The van der Waals surface area contributed by atoms with Crippen LogP contribution in [0.4, 0.5) is 0 Å². The zero-order valence-corrected chi connectivity index (χ0v) is 14.1. The van der Waals surface area contributed by atoms with Gasteiger partial charge >= 0.3 is 0 Å². The van der Waals surface area contributed by atoms with Gasteiger partial charge in [0.25, 0.3) is 5.91 Å². The van der Waals surface area contributed by atoms with Crippen LogP contribution in [-0.4, -0.2) is 58.9 Å². The van der Waals surface area contributed by atoms with E-state index in [0.717, 1.165) is 51.2 Å². The van der Waals surface area contributed by atoms with Gasteiger partial charge in [-0.25, -0.2) is 4.98 Å². The van der Waals surface area contributed by atoms with Gasteiger partial charge < -0.3 is 18.9 Å². The third-order valence-corrected chi connectivity index (χ3v) is 4.87. The molecular weight excluding hydrogens is 294 g/mol. The summed E-state index contributed by atoms with van der Waals surface area (Å²) < 4.78 is 13.5. The Morgan fingerprint density at radius 1 is 1.48 bits per heavy atom. The van der Waals surface area contributed by atoms with E-state index in [2.05, 4.69) is 9.55 Å². The monoisotopic (exact) mass is 321 g/mol. The number of amides is 1. The van der Waals surface area contributed by atoms with Crippen LogP contribution >= 0.6 is 0 Å². The maximum Gasteiger partial charge on any atom is 0.251 e. The Morgan fingerprint density at radius 2 is 2.35 bits per heavy atom. The lowest BCUT2D eigenvalue weighted by molar-refractivity contribution is -0.146. The lowest BCUT2D eigenvalue weighted by atomic mass is 10.0. The summed E-state index contributed by atoms with van der Waals surface area (Å²) in [6.07, 6.45) is 7.82. The van der Waals surface area contributed by atoms with Crippen molar-refractivity contribution in [3.63, 3.8) is 0 Å². The van der Waals surface area contributed by atoms with Crippen LogP contribution in [0.25, 0.3) is 0 Å². The molecule has 0 saturated carbocycles. The minimum atomic E-state index is -0.401. The molecule has 0 unspecified atom stereocenters. The SMILES string of the molecule is Cc1nccn1[C@@H]1CCCN(C(=O)[C@H](C)OC[C@H]2CCCO2)C1. The van der Waals surface area contributed by atoms with Gasteiger partial charge in [-0.05, 0) is 39.5 Å². The zero-order chi connectivity index (χ0) is 16.2. The van der Waals surface area contributed by atoms with Crippen molar-refractivity contribution in [2.75, 3.05) is 26.3 Å². The van der Waals surface area contributed by atoms with Gasteiger partial charge in [0.2, 0.25) is 0 Å². The number of carbonyl (C=O) groups excluding carboxylic acids is 1. The Morgan fingerprint density at radius 3 is 3.04 bits per heavy atom. The molecule has 128 valence electrons. The number of aryl methyl sites for hydroxylation is 1. The Hall–Kier alpha value is -1.40. The lowest BCUT2D eigenvalue weighted by Gasteiger charge is -2.35. The highest BCUT2D eigenvalue weighted by atomic mass is 16.5. The zero-order valence-electron chi connectivity index (χ0n) is 14.1. The van der Waals surface area contributed by atoms with Crippen LogP contribution in [0.3, 0.4) is 0 Å². The molecule has 2 aliphatic rings. The second-order valence-electron chi connectivity index (χ2n) is 6.57. The summed E-state index contributed by atoms with van der Waals surface area (Å²) in [5.74, 6) is 1.09. The Balaban J connectivity index is 1.52. The molecule has 0 aliphatic carbocycles. The molecule has 0 spiro atoms. The van der Waals surface area contributed by atoms with Gasteiger partial charge in [-0.15, -0.1) is 0 Å². The van der Waals surface area contributed by atoms with E-state index in [-0.39, 0.29) is 12.0 Å². The number of hydrogen-bond acceptors (Lipinski definition) is 4. The van der Waals surface area contributed by atoms with Crippen molar-refractivity contribution in [3.8, 4) is 0 Å². The molecule has 6 heteroatoms. The van der Waals surface area contributed by atoms with Gasteiger partial charge in [0.1, 0.15) is 11.9 Å². The first kappa shape index (κ1) is 16.5. The molecule has 0 N–H and O–H groups in total. The number of hydrogen-bond donors (Lipinski definition) is 0. The molecular formula is C17H27N3O3. The van der Waals surface area contributed by atoms with Crippen LogP contribution in [0.1, 0.15) is 44.5 Å². The van der Waals surface area contributed by atoms with Crippen molar-refractivity contribution in [2.45, 2.75) is 57.8 Å². The van der Waals surface area contributed by atoms with Crippen LogP contribution in [0, 0.1) is 6.92 Å². The summed E-state index contributed by atoms with van der Waals surface area (Å²) in [7, 11) is 0. The van der Waals surface area contributed by atoms with E-state index in [9.17, 15) is 4.79 Å². The van der Waals surface area contributed by atoms with Gasteiger partial charge in [0.15, 0.2) is 0 Å². The van der Waals surface area contributed by atoms with Crippen LogP contribution in [0.2, 0.25) is 0 Å². The minimum Gasteiger partial charge on any atom is -0.376 e. The summed E-state index contributed by atoms with van der Waals surface area (Å²) >= 11 is 0. The van der Waals surface area contributed by atoms with Crippen LogP contribution in [0.15, 0.2) is 12.4 Å². The molecule has 1 aromatic rings. The fraction of sp³-hybridized carbons (Fsp3) is 0.765. The van der Waals surface area contributed by atoms with Crippen LogP contribution < -0.4 is 0 Å². The summed E-state index contributed by atoms with van der Waals surface area (Å²) in [5.41, 5.74) is 0. The number of nitrogens with zero attached hydrogens (tertiary/aromatic N) is 3. The number of rotatable bonds is 5. The van der Waals surface area contributed by atoms with E-state index in [1.54, 1.807) is 0 Å². The van der Waals surface area contributed by atoms with Crippen molar-refractivity contribution in [1.29, 1.82) is 0 Å². The highest BCUT2D eigenvalue weighted by Crippen LogP contribution is 2.23. The molecule has 3 rings (SSSR count). The Bertz CT molecular complexity index is 525. The number of carbonyl (C=O) groups is 1. The van der Waals surface area contributed by atoms with E-state index in [1.165, 1.54) is 0 Å². The molecule has 6 nitrogen and oxygen atoms in total. The lowest BCUT2D eigenvalue weighted by Crippen LogP contribution is -2.45. The molecule has 2 saturated heterocycles. The Kier molecular flexibility index (Phi) is 5.33. The molecule has 2 aliphatic heterocycles.